The molecule has 0 heterocycles. The molecular formula is C14H28N2O. The molecule has 0 aromatic rings. The van der Waals surface area contributed by atoms with E-state index >= 15 is 0 Å². The van der Waals surface area contributed by atoms with E-state index in [2.05, 4.69) is 32.2 Å². The maximum Gasteiger partial charge on any atom is 0.104 e. The first-order valence-electron chi connectivity index (χ1n) is 6.80. The van der Waals surface area contributed by atoms with E-state index in [0.717, 1.165) is 38.9 Å². The summed E-state index contributed by atoms with van der Waals surface area (Å²) in [7, 11) is 0. The Kier molecular flexibility index (Phi) is 9.11. The summed E-state index contributed by atoms with van der Waals surface area (Å²) in [6, 6.07) is 2.72. The average molecular weight is 240 g/mol. The molecule has 0 rings (SSSR count). The van der Waals surface area contributed by atoms with Crippen LogP contribution < -0.4 is 5.32 Å². The molecule has 1 atom stereocenters. The van der Waals surface area contributed by atoms with Crippen LogP contribution in [0.4, 0.5) is 0 Å². The molecule has 100 valence electrons. The van der Waals surface area contributed by atoms with E-state index in [4.69, 9.17) is 10.00 Å². The Morgan fingerprint density at radius 3 is 2.41 bits per heavy atom. The van der Waals surface area contributed by atoms with Crippen LogP contribution in [0.2, 0.25) is 0 Å². The van der Waals surface area contributed by atoms with Crippen LogP contribution in [0.1, 0.15) is 59.8 Å². The summed E-state index contributed by atoms with van der Waals surface area (Å²) < 4.78 is 5.50. The van der Waals surface area contributed by atoms with Gasteiger partial charge in [-0.3, -0.25) is 5.32 Å². The molecule has 0 aliphatic carbocycles. The Hall–Kier alpha value is -0.590. The fourth-order valence-electron chi connectivity index (χ4n) is 1.83. The molecule has 1 unspecified atom stereocenters. The lowest BCUT2D eigenvalue weighted by Gasteiger charge is -2.25. The van der Waals surface area contributed by atoms with Crippen molar-refractivity contribution in [2.75, 3.05) is 13.2 Å². The van der Waals surface area contributed by atoms with Crippen LogP contribution >= 0.6 is 0 Å². The van der Waals surface area contributed by atoms with E-state index in [1.54, 1.807) is 0 Å². The molecule has 0 aliphatic rings. The minimum absolute atomic E-state index is 0.348. The van der Waals surface area contributed by atoms with Crippen molar-refractivity contribution in [2.45, 2.75) is 71.4 Å². The zero-order valence-corrected chi connectivity index (χ0v) is 11.9. The molecule has 0 bridgehead atoms. The zero-order chi connectivity index (χ0) is 13.1. The van der Waals surface area contributed by atoms with Gasteiger partial charge in [0.2, 0.25) is 0 Å². The molecule has 0 aromatic carbocycles. The molecule has 0 aliphatic heterocycles. The molecule has 3 heteroatoms. The summed E-state index contributed by atoms with van der Waals surface area (Å²) in [6.07, 6.45) is 5.30. The fraction of sp³-hybridized carbons (Fsp3) is 0.929. The van der Waals surface area contributed by atoms with E-state index in [1.807, 2.05) is 6.92 Å². The standard InChI is InChI=1S/C14H28N2O/c1-5-6-10-17-11-8-7-9-14(4,12-15)16-13(2)3/h13,16H,5-11H2,1-4H3. The summed E-state index contributed by atoms with van der Waals surface area (Å²) in [4.78, 5) is 0. The smallest absolute Gasteiger partial charge is 0.104 e. The predicted molar refractivity (Wildman–Crippen MR) is 71.9 cm³/mol. The highest BCUT2D eigenvalue weighted by atomic mass is 16.5. The molecule has 17 heavy (non-hydrogen) atoms. The first-order chi connectivity index (χ1) is 8.04. The zero-order valence-electron chi connectivity index (χ0n) is 11.9. The van der Waals surface area contributed by atoms with Crippen molar-refractivity contribution in [3.63, 3.8) is 0 Å². The Morgan fingerprint density at radius 2 is 1.88 bits per heavy atom. The summed E-state index contributed by atoms with van der Waals surface area (Å²) in [5.74, 6) is 0. The fourth-order valence-corrected chi connectivity index (χ4v) is 1.83. The molecule has 0 saturated heterocycles. The third-order valence-corrected chi connectivity index (χ3v) is 2.71. The van der Waals surface area contributed by atoms with E-state index in [9.17, 15) is 0 Å². The summed E-state index contributed by atoms with van der Waals surface area (Å²) >= 11 is 0. The number of ether oxygens (including phenoxy) is 1. The SMILES string of the molecule is CCCCOCCCCC(C)(C#N)NC(C)C. The maximum absolute atomic E-state index is 9.16. The van der Waals surface area contributed by atoms with Crippen molar-refractivity contribution in [1.29, 1.82) is 5.26 Å². The van der Waals surface area contributed by atoms with Crippen LogP contribution in [0.3, 0.4) is 0 Å². The molecule has 0 amide bonds. The summed E-state index contributed by atoms with van der Waals surface area (Å²) in [5, 5.41) is 12.5. The van der Waals surface area contributed by atoms with Crippen LogP contribution in [0.25, 0.3) is 0 Å². The van der Waals surface area contributed by atoms with Crippen LogP contribution in [-0.4, -0.2) is 24.8 Å². The van der Waals surface area contributed by atoms with Gasteiger partial charge >= 0.3 is 0 Å². The van der Waals surface area contributed by atoms with Crippen molar-refractivity contribution < 1.29 is 4.74 Å². The van der Waals surface area contributed by atoms with Gasteiger partial charge in [-0.1, -0.05) is 13.3 Å². The Morgan fingerprint density at radius 1 is 1.24 bits per heavy atom. The van der Waals surface area contributed by atoms with Gasteiger partial charge in [0.1, 0.15) is 5.54 Å². The first-order valence-corrected chi connectivity index (χ1v) is 6.80. The van der Waals surface area contributed by atoms with Gasteiger partial charge in [-0.25, -0.2) is 0 Å². The Labute approximate surface area is 107 Å². The van der Waals surface area contributed by atoms with Crippen molar-refractivity contribution in [1.82, 2.24) is 5.32 Å². The van der Waals surface area contributed by atoms with Crippen molar-refractivity contribution in [3.8, 4) is 6.07 Å². The van der Waals surface area contributed by atoms with Crippen LogP contribution in [0.5, 0.6) is 0 Å². The minimum atomic E-state index is -0.391. The number of hydrogen-bond acceptors (Lipinski definition) is 3. The number of nitrogens with zero attached hydrogens (tertiary/aromatic N) is 1. The van der Waals surface area contributed by atoms with Gasteiger partial charge in [0.25, 0.3) is 0 Å². The Bertz CT molecular complexity index is 223. The molecular weight excluding hydrogens is 212 g/mol. The highest BCUT2D eigenvalue weighted by Crippen LogP contribution is 2.13. The van der Waals surface area contributed by atoms with Gasteiger partial charge in [-0.2, -0.15) is 5.26 Å². The minimum Gasteiger partial charge on any atom is -0.381 e. The molecule has 3 nitrogen and oxygen atoms in total. The molecule has 0 aromatic heterocycles. The number of unbranched alkanes of at least 4 members (excludes halogenated alkanes) is 2. The largest absolute Gasteiger partial charge is 0.381 e. The van der Waals surface area contributed by atoms with Crippen LogP contribution in [0.15, 0.2) is 0 Å². The lowest BCUT2D eigenvalue weighted by atomic mass is 9.96. The normalized spacial score (nSPS) is 14.6. The molecule has 0 fully saturated rings. The highest BCUT2D eigenvalue weighted by molar-refractivity contribution is 5.04. The third-order valence-electron chi connectivity index (χ3n) is 2.71. The van der Waals surface area contributed by atoms with Crippen molar-refractivity contribution in [2.24, 2.45) is 0 Å². The van der Waals surface area contributed by atoms with Crippen LogP contribution in [0, 0.1) is 11.3 Å². The number of rotatable bonds is 10. The van der Waals surface area contributed by atoms with Gasteiger partial charge in [-0.05, 0) is 46.5 Å². The molecule has 1 N–H and O–H groups in total. The quantitative estimate of drug-likeness (QED) is 0.596. The second-order valence-electron chi connectivity index (χ2n) is 5.17. The highest BCUT2D eigenvalue weighted by Gasteiger charge is 2.23. The van der Waals surface area contributed by atoms with E-state index in [-0.39, 0.29) is 0 Å². The van der Waals surface area contributed by atoms with Gasteiger partial charge in [0, 0.05) is 19.3 Å². The number of hydrogen-bond donors (Lipinski definition) is 1. The van der Waals surface area contributed by atoms with Crippen molar-refractivity contribution in [3.05, 3.63) is 0 Å². The van der Waals surface area contributed by atoms with E-state index < -0.39 is 5.54 Å². The van der Waals surface area contributed by atoms with Gasteiger partial charge in [-0.15, -0.1) is 0 Å². The van der Waals surface area contributed by atoms with Crippen LogP contribution in [-0.2, 0) is 4.74 Å². The lowest BCUT2D eigenvalue weighted by Crippen LogP contribution is -2.44. The summed E-state index contributed by atoms with van der Waals surface area (Å²) in [5.41, 5.74) is -0.391. The monoisotopic (exact) mass is 240 g/mol. The van der Waals surface area contributed by atoms with E-state index in [1.165, 1.54) is 6.42 Å². The second-order valence-corrected chi connectivity index (χ2v) is 5.17. The molecule has 0 spiro atoms. The van der Waals surface area contributed by atoms with E-state index in [0.29, 0.717) is 6.04 Å². The topological polar surface area (TPSA) is 45.0 Å². The van der Waals surface area contributed by atoms with Gasteiger partial charge < -0.3 is 4.74 Å². The Balaban J connectivity index is 3.60. The number of nitriles is 1. The summed E-state index contributed by atoms with van der Waals surface area (Å²) in [6.45, 7) is 9.98. The molecule has 0 saturated carbocycles. The van der Waals surface area contributed by atoms with Crippen molar-refractivity contribution >= 4 is 0 Å². The predicted octanol–water partition coefficient (Wildman–Crippen LogP) is 3.25. The van der Waals surface area contributed by atoms with Gasteiger partial charge in [0.15, 0.2) is 0 Å². The molecule has 0 radical (unpaired) electrons. The second kappa shape index (κ2) is 9.44. The lowest BCUT2D eigenvalue weighted by molar-refractivity contribution is 0.126. The first kappa shape index (κ1) is 16.4. The third kappa shape index (κ3) is 9.14. The maximum atomic E-state index is 9.16. The average Bonchev–Trinajstić information content (AvgIpc) is 2.27. The number of nitrogens with one attached hydrogen (secondary N) is 1. The van der Waals surface area contributed by atoms with Gasteiger partial charge in [0.05, 0.1) is 6.07 Å².